The van der Waals surface area contributed by atoms with Gasteiger partial charge in [-0.3, -0.25) is 9.67 Å². The van der Waals surface area contributed by atoms with Crippen molar-refractivity contribution in [2.24, 2.45) is 0 Å². The molecule has 0 saturated heterocycles. The third-order valence-corrected chi connectivity index (χ3v) is 4.89. The molecule has 2 heterocycles. The highest BCUT2D eigenvalue weighted by molar-refractivity contribution is 6.32. The summed E-state index contributed by atoms with van der Waals surface area (Å²) in [4.78, 5) is 4.75. The van der Waals surface area contributed by atoms with Crippen LogP contribution >= 0.6 is 11.6 Å². The fraction of sp³-hybridized carbons (Fsp3) is 0.143. The highest BCUT2D eigenvalue weighted by atomic mass is 35.5. The van der Waals surface area contributed by atoms with Crippen LogP contribution in [-0.4, -0.2) is 26.9 Å². The van der Waals surface area contributed by atoms with Crippen LogP contribution in [0.15, 0.2) is 54.6 Å². The number of aromatic amines is 1. The Hall–Kier alpha value is -3.05. The number of H-pyrrole nitrogens is 1. The van der Waals surface area contributed by atoms with Crippen LogP contribution in [0, 0.1) is 13.8 Å². The molecular weight excluding hydrogens is 360 g/mol. The molecule has 5 nitrogen and oxygen atoms in total. The van der Waals surface area contributed by atoms with Gasteiger partial charge in [-0.2, -0.15) is 5.10 Å². The Bertz CT molecular complexity index is 1110. The first-order valence-corrected chi connectivity index (χ1v) is 8.97. The summed E-state index contributed by atoms with van der Waals surface area (Å²) in [5.41, 5.74) is 5.46. The Morgan fingerprint density at radius 1 is 1.04 bits per heavy atom. The molecule has 0 amide bonds. The maximum Gasteiger partial charge on any atom is 0.119 e. The predicted molar refractivity (Wildman–Crippen MR) is 108 cm³/mol. The van der Waals surface area contributed by atoms with Gasteiger partial charge >= 0.3 is 0 Å². The molecule has 0 aliphatic rings. The monoisotopic (exact) mass is 378 g/mol. The Balaban J connectivity index is 1.76. The van der Waals surface area contributed by atoms with Crippen LogP contribution in [0.5, 0.6) is 5.75 Å². The molecular formula is C21H19ClN4O. The highest BCUT2D eigenvalue weighted by Gasteiger charge is 2.17. The van der Waals surface area contributed by atoms with Crippen molar-refractivity contribution in [2.45, 2.75) is 13.8 Å². The molecule has 4 aromatic rings. The maximum absolute atomic E-state index is 6.39. The minimum absolute atomic E-state index is 0.689. The van der Waals surface area contributed by atoms with E-state index >= 15 is 0 Å². The fourth-order valence-electron chi connectivity index (χ4n) is 3.26. The molecule has 4 rings (SSSR count). The molecule has 0 aliphatic carbocycles. The van der Waals surface area contributed by atoms with Crippen molar-refractivity contribution >= 4 is 11.6 Å². The second-order valence-electron chi connectivity index (χ2n) is 6.28. The van der Waals surface area contributed by atoms with E-state index in [1.165, 1.54) is 0 Å². The van der Waals surface area contributed by atoms with Gasteiger partial charge in [0.05, 0.1) is 29.2 Å². The smallest absolute Gasteiger partial charge is 0.119 e. The summed E-state index contributed by atoms with van der Waals surface area (Å²) in [6, 6.07) is 17.6. The standard InChI is InChI=1S/C21H19ClN4O/c1-13-21(23-14(2)26(13)20-10-5-4-9-17(20)22)19-12-18(24-25-19)15-7-6-8-16(11-15)27-3/h4-12H,1-3H3,(H,24,25). The molecule has 0 atom stereocenters. The molecule has 2 aromatic heterocycles. The van der Waals surface area contributed by atoms with Crippen LogP contribution in [0.3, 0.4) is 0 Å². The number of methoxy groups -OCH3 is 1. The number of aryl methyl sites for hydroxylation is 1. The fourth-order valence-corrected chi connectivity index (χ4v) is 3.48. The third kappa shape index (κ3) is 3.11. The van der Waals surface area contributed by atoms with Gasteiger partial charge in [-0.15, -0.1) is 0 Å². The Labute approximate surface area is 162 Å². The van der Waals surface area contributed by atoms with Gasteiger partial charge in [0.25, 0.3) is 0 Å². The van der Waals surface area contributed by atoms with E-state index in [0.717, 1.165) is 45.6 Å². The van der Waals surface area contributed by atoms with Gasteiger partial charge in [-0.05, 0) is 44.2 Å². The summed E-state index contributed by atoms with van der Waals surface area (Å²) in [7, 11) is 1.66. The van der Waals surface area contributed by atoms with Crippen molar-refractivity contribution in [3.8, 4) is 34.1 Å². The molecule has 0 aliphatic heterocycles. The van der Waals surface area contributed by atoms with Crippen LogP contribution in [0.1, 0.15) is 11.5 Å². The van der Waals surface area contributed by atoms with Crippen molar-refractivity contribution in [1.29, 1.82) is 0 Å². The first-order chi connectivity index (χ1) is 13.1. The normalized spacial score (nSPS) is 11.0. The second kappa shape index (κ2) is 6.93. The molecule has 136 valence electrons. The van der Waals surface area contributed by atoms with Crippen molar-refractivity contribution in [3.05, 3.63) is 71.1 Å². The average molecular weight is 379 g/mol. The number of imidazole rings is 1. The van der Waals surface area contributed by atoms with Crippen molar-refractivity contribution in [2.75, 3.05) is 7.11 Å². The molecule has 0 spiro atoms. The van der Waals surface area contributed by atoms with Gasteiger partial charge in [0.2, 0.25) is 0 Å². The largest absolute Gasteiger partial charge is 0.497 e. The number of hydrogen-bond donors (Lipinski definition) is 1. The summed E-state index contributed by atoms with van der Waals surface area (Å²) < 4.78 is 7.36. The summed E-state index contributed by atoms with van der Waals surface area (Å²) in [5.74, 6) is 1.67. The molecule has 0 radical (unpaired) electrons. The summed E-state index contributed by atoms with van der Waals surface area (Å²) in [6.45, 7) is 4.00. The number of benzene rings is 2. The number of hydrogen-bond acceptors (Lipinski definition) is 3. The van der Waals surface area contributed by atoms with E-state index < -0.39 is 0 Å². The molecule has 0 bridgehead atoms. The number of rotatable bonds is 4. The lowest BCUT2D eigenvalue weighted by Crippen LogP contribution is -2.00. The average Bonchev–Trinajstić information content (AvgIpc) is 3.27. The van der Waals surface area contributed by atoms with E-state index in [-0.39, 0.29) is 0 Å². The van der Waals surface area contributed by atoms with E-state index in [9.17, 15) is 0 Å². The van der Waals surface area contributed by atoms with E-state index in [4.69, 9.17) is 21.3 Å². The summed E-state index contributed by atoms with van der Waals surface area (Å²) in [6.07, 6.45) is 0. The van der Waals surface area contributed by atoms with Crippen LogP contribution in [0.4, 0.5) is 0 Å². The highest BCUT2D eigenvalue weighted by Crippen LogP contribution is 2.31. The van der Waals surface area contributed by atoms with Crippen LogP contribution in [0.2, 0.25) is 5.02 Å². The number of para-hydroxylation sites is 1. The topological polar surface area (TPSA) is 55.7 Å². The molecule has 27 heavy (non-hydrogen) atoms. The minimum Gasteiger partial charge on any atom is -0.497 e. The molecule has 0 saturated carbocycles. The predicted octanol–water partition coefficient (Wildman–Crippen LogP) is 5.21. The number of nitrogens with zero attached hydrogens (tertiary/aromatic N) is 3. The lowest BCUT2D eigenvalue weighted by atomic mass is 10.1. The van der Waals surface area contributed by atoms with Crippen molar-refractivity contribution in [3.63, 3.8) is 0 Å². The number of ether oxygens (including phenoxy) is 1. The van der Waals surface area contributed by atoms with E-state index in [0.29, 0.717) is 5.02 Å². The minimum atomic E-state index is 0.689. The van der Waals surface area contributed by atoms with E-state index in [1.807, 2.05) is 68.4 Å². The van der Waals surface area contributed by atoms with E-state index in [1.54, 1.807) is 7.11 Å². The Morgan fingerprint density at radius 3 is 2.63 bits per heavy atom. The first-order valence-electron chi connectivity index (χ1n) is 8.59. The van der Waals surface area contributed by atoms with Crippen molar-refractivity contribution in [1.82, 2.24) is 19.7 Å². The summed E-state index contributed by atoms with van der Waals surface area (Å²) >= 11 is 6.39. The van der Waals surface area contributed by atoms with Crippen LogP contribution in [-0.2, 0) is 0 Å². The lowest BCUT2D eigenvalue weighted by molar-refractivity contribution is 0.415. The number of aromatic nitrogens is 4. The van der Waals surface area contributed by atoms with Gasteiger partial charge in [-0.25, -0.2) is 4.98 Å². The zero-order chi connectivity index (χ0) is 19.0. The van der Waals surface area contributed by atoms with Crippen molar-refractivity contribution < 1.29 is 4.74 Å². The molecule has 0 fully saturated rings. The SMILES string of the molecule is COc1cccc(-c2cc(-c3nc(C)n(-c4ccccc4Cl)c3C)[nH]n2)c1. The summed E-state index contributed by atoms with van der Waals surface area (Å²) in [5, 5.41) is 8.25. The number of nitrogens with one attached hydrogen (secondary N) is 1. The van der Waals surface area contributed by atoms with Gasteiger partial charge in [0, 0.05) is 11.3 Å². The maximum atomic E-state index is 6.39. The zero-order valence-corrected chi connectivity index (χ0v) is 16.1. The quantitative estimate of drug-likeness (QED) is 0.530. The molecule has 0 unspecified atom stereocenters. The van der Waals surface area contributed by atoms with Crippen LogP contribution in [0.25, 0.3) is 28.3 Å². The van der Waals surface area contributed by atoms with Crippen LogP contribution < -0.4 is 4.74 Å². The molecule has 1 N–H and O–H groups in total. The van der Waals surface area contributed by atoms with E-state index in [2.05, 4.69) is 14.8 Å². The van der Waals surface area contributed by atoms with Gasteiger partial charge < -0.3 is 4.74 Å². The third-order valence-electron chi connectivity index (χ3n) is 4.57. The van der Waals surface area contributed by atoms with Gasteiger partial charge in [-0.1, -0.05) is 35.9 Å². The van der Waals surface area contributed by atoms with Gasteiger partial charge in [0.1, 0.15) is 17.3 Å². The Kier molecular flexibility index (Phi) is 4.46. The Morgan fingerprint density at radius 2 is 1.85 bits per heavy atom. The molecule has 2 aromatic carbocycles. The van der Waals surface area contributed by atoms with Gasteiger partial charge in [0.15, 0.2) is 0 Å². The number of halogens is 1. The zero-order valence-electron chi connectivity index (χ0n) is 15.3. The second-order valence-corrected chi connectivity index (χ2v) is 6.69. The lowest BCUT2D eigenvalue weighted by Gasteiger charge is -2.09. The first kappa shape index (κ1) is 17.4. The molecule has 6 heteroatoms.